The molecule has 2 aromatic carbocycles. The fourth-order valence-electron chi connectivity index (χ4n) is 2.30. The number of rotatable bonds is 7. The quantitative estimate of drug-likeness (QED) is 0.785. The lowest BCUT2D eigenvalue weighted by Crippen LogP contribution is -2.20. The van der Waals surface area contributed by atoms with Gasteiger partial charge in [-0.25, -0.2) is 0 Å². The van der Waals surface area contributed by atoms with Crippen molar-refractivity contribution in [3.05, 3.63) is 59.2 Å². The standard InChI is InChI=1S/C20H23NO4/c1-14-5-7-15(8-6-14)13-21-20(22)10-9-16-11-18(24-3)19(25-4)12-17(16)23-2/h5-12H,13H2,1-4H3,(H,21,22)/b10-9+. The summed E-state index contributed by atoms with van der Waals surface area (Å²) in [5.41, 5.74) is 2.97. The topological polar surface area (TPSA) is 56.8 Å². The number of hydrogen-bond donors (Lipinski definition) is 1. The molecule has 1 amide bonds. The van der Waals surface area contributed by atoms with Crippen molar-refractivity contribution in [2.75, 3.05) is 21.3 Å². The van der Waals surface area contributed by atoms with Crippen LogP contribution >= 0.6 is 0 Å². The van der Waals surface area contributed by atoms with Gasteiger partial charge in [-0.15, -0.1) is 0 Å². The first-order valence-corrected chi connectivity index (χ1v) is 7.89. The molecule has 1 N–H and O–H groups in total. The van der Waals surface area contributed by atoms with Crippen LogP contribution in [0.15, 0.2) is 42.5 Å². The van der Waals surface area contributed by atoms with Crippen LogP contribution in [0.2, 0.25) is 0 Å². The molecule has 0 aliphatic heterocycles. The van der Waals surface area contributed by atoms with Crippen LogP contribution in [0.3, 0.4) is 0 Å². The van der Waals surface area contributed by atoms with Gasteiger partial charge in [-0.1, -0.05) is 29.8 Å². The highest BCUT2D eigenvalue weighted by atomic mass is 16.5. The molecule has 0 spiro atoms. The van der Waals surface area contributed by atoms with E-state index in [0.29, 0.717) is 23.8 Å². The van der Waals surface area contributed by atoms with Gasteiger partial charge in [0.15, 0.2) is 11.5 Å². The number of carbonyl (C=O) groups is 1. The monoisotopic (exact) mass is 341 g/mol. The maximum atomic E-state index is 12.0. The average molecular weight is 341 g/mol. The summed E-state index contributed by atoms with van der Waals surface area (Å²) in [6.45, 7) is 2.51. The van der Waals surface area contributed by atoms with Crippen molar-refractivity contribution in [3.8, 4) is 17.2 Å². The fraction of sp³-hybridized carbons (Fsp3) is 0.250. The van der Waals surface area contributed by atoms with E-state index in [1.54, 1.807) is 39.5 Å². The van der Waals surface area contributed by atoms with E-state index in [1.807, 2.05) is 31.2 Å². The van der Waals surface area contributed by atoms with Gasteiger partial charge in [-0.3, -0.25) is 4.79 Å². The molecule has 0 unspecified atom stereocenters. The summed E-state index contributed by atoms with van der Waals surface area (Å²) in [6.07, 6.45) is 3.16. The van der Waals surface area contributed by atoms with E-state index in [0.717, 1.165) is 11.1 Å². The maximum absolute atomic E-state index is 12.0. The second-order valence-electron chi connectivity index (χ2n) is 5.49. The van der Waals surface area contributed by atoms with Crippen LogP contribution in [0.5, 0.6) is 17.2 Å². The predicted octanol–water partition coefficient (Wildman–Crippen LogP) is 3.35. The van der Waals surface area contributed by atoms with E-state index in [4.69, 9.17) is 14.2 Å². The number of carbonyl (C=O) groups excluding carboxylic acids is 1. The van der Waals surface area contributed by atoms with Crippen LogP contribution in [-0.2, 0) is 11.3 Å². The van der Waals surface area contributed by atoms with Crippen molar-refractivity contribution in [1.82, 2.24) is 5.32 Å². The van der Waals surface area contributed by atoms with Crippen molar-refractivity contribution >= 4 is 12.0 Å². The molecular formula is C20H23NO4. The fourth-order valence-corrected chi connectivity index (χ4v) is 2.30. The Hall–Kier alpha value is -2.95. The van der Waals surface area contributed by atoms with E-state index in [-0.39, 0.29) is 5.91 Å². The Balaban J connectivity index is 2.06. The molecule has 0 saturated carbocycles. The third-order valence-electron chi connectivity index (χ3n) is 3.74. The van der Waals surface area contributed by atoms with Crippen molar-refractivity contribution in [2.24, 2.45) is 0 Å². The Bertz CT molecular complexity index is 751. The lowest BCUT2D eigenvalue weighted by molar-refractivity contribution is -0.116. The lowest BCUT2D eigenvalue weighted by atomic mass is 10.1. The highest BCUT2D eigenvalue weighted by Gasteiger charge is 2.10. The maximum Gasteiger partial charge on any atom is 0.244 e. The van der Waals surface area contributed by atoms with Gasteiger partial charge in [0.2, 0.25) is 5.91 Å². The lowest BCUT2D eigenvalue weighted by Gasteiger charge is -2.12. The number of methoxy groups -OCH3 is 3. The van der Waals surface area contributed by atoms with Crippen LogP contribution in [0, 0.1) is 6.92 Å². The van der Waals surface area contributed by atoms with Gasteiger partial charge in [0.25, 0.3) is 0 Å². The van der Waals surface area contributed by atoms with Gasteiger partial charge in [-0.2, -0.15) is 0 Å². The normalized spacial score (nSPS) is 10.6. The molecular weight excluding hydrogens is 318 g/mol. The molecule has 2 rings (SSSR count). The Morgan fingerprint density at radius 1 is 0.960 bits per heavy atom. The molecule has 132 valence electrons. The Morgan fingerprint density at radius 3 is 2.16 bits per heavy atom. The molecule has 0 bridgehead atoms. The van der Waals surface area contributed by atoms with E-state index < -0.39 is 0 Å². The average Bonchev–Trinajstić information content (AvgIpc) is 2.65. The minimum absolute atomic E-state index is 0.183. The summed E-state index contributed by atoms with van der Waals surface area (Å²) in [5.74, 6) is 1.56. The minimum atomic E-state index is -0.183. The summed E-state index contributed by atoms with van der Waals surface area (Å²) >= 11 is 0. The molecule has 0 fully saturated rings. The second-order valence-corrected chi connectivity index (χ2v) is 5.49. The summed E-state index contributed by atoms with van der Waals surface area (Å²) in [7, 11) is 4.69. The Morgan fingerprint density at radius 2 is 1.56 bits per heavy atom. The largest absolute Gasteiger partial charge is 0.496 e. The number of hydrogen-bond acceptors (Lipinski definition) is 4. The van der Waals surface area contributed by atoms with Crippen LogP contribution in [0.1, 0.15) is 16.7 Å². The second kappa shape index (κ2) is 8.78. The molecule has 0 saturated heterocycles. The van der Waals surface area contributed by atoms with E-state index in [1.165, 1.54) is 11.6 Å². The van der Waals surface area contributed by atoms with Crippen molar-refractivity contribution in [3.63, 3.8) is 0 Å². The van der Waals surface area contributed by atoms with E-state index >= 15 is 0 Å². The third-order valence-corrected chi connectivity index (χ3v) is 3.74. The zero-order valence-corrected chi connectivity index (χ0v) is 15.0. The molecule has 5 heteroatoms. The molecule has 2 aromatic rings. The highest BCUT2D eigenvalue weighted by molar-refractivity contribution is 5.92. The van der Waals surface area contributed by atoms with Gasteiger partial charge in [0.05, 0.1) is 21.3 Å². The van der Waals surface area contributed by atoms with Gasteiger partial charge in [-0.05, 0) is 24.6 Å². The molecule has 0 atom stereocenters. The minimum Gasteiger partial charge on any atom is -0.496 e. The van der Waals surface area contributed by atoms with Crippen molar-refractivity contribution in [1.29, 1.82) is 0 Å². The van der Waals surface area contributed by atoms with Gasteiger partial charge in [0.1, 0.15) is 5.75 Å². The van der Waals surface area contributed by atoms with E-state index in [9.17, 15) is 4.79 Å². The molecule has 0 radical (unpaired) electrons. The van der Waals surface area contributed by atoms with Crippen LogP contribution in [0.25, 0.3) is 6.08 Å². The van der Waals surface area contributed by atoms with Crippen molar-refractivity contribution < 1.29 is 19.0 Å². The molecule has 0 aromatic heterocycles. The van der Waals surface area contributed by atoms with Crippen molar-refractivity contribution in [2.45, 2.75) is 13.5 Å². The molecule has 5 nitrogen and oxygen atoms in total. The van der Waals surface area contributed by atoms with Gasteiger partial charge in [0, 0.05) is 24.3 Å². The van der Waals surface area contributed by atoms with Gasteiger partial charge < -0.3 is 19.5 Å². The van der Waals surface area contributed by atoms with Crippen LogP contribution < -0.4 is 19.5 Å². The van der Waals surface area contributed by atoms with E-state index in [2.05, 4.69) is 5.32 Å². The first-order valence-electron chi connectivity index (χ1n) is 7.89. The number of nitrogens with one attached hydrogen (secondary N) is 1. The number of ether oxygens (including phenoxy) is 3. The molecule has 0 aliphatic carbocycles. The summed E-state index contributed by atoms with van der Waals surface area (Å²) < 4.78 is 15.9. The van der Waals surface area contributed by atoms with Crippen LogP contribution in [0.4, 0.5) is 0 Å². The zero-order valence-electron chi connectivity index (χ0n) is 15.0. The summed E-state index contributed by atoms with van der Waals surface area (Å²) in [5, 5.41) is 2.85. The first-order chi connectivity index (χ1) is 12.1. The highest BCUT2D eigenvalue weighted by Crippen LogP contribution is 2.35. The number of aryl methyl sites for hydroxylation is 1. The zero-order chi connectivity index (χ0) is 18.2. The number of amides is 1. The number of benzene rings is 2. The smallest absolute Gasteiger partial charge is 0.244 e. The Kier molecular flexibility index (Phi) is 6.46. The molecule has 0 heterocycles. The Labute approximate surface area is 148 Å². The summed E-state index contributed by atoms with van der Waals surface area (Å²) in [4.78, 5) is 12.0. The van der Waals surface area contributed by atoms with Gasteiger partial charge >= 0.3 is 0 Å². The molecule has 25 heavy (non-hydrogen) atoms. The van der Waals surface area contributed by atoms with Crippen LogP contribution in [-0.4, -0.2) is 27.2 Å². The summed E-state index contributed by atoms with van der Waals surface area (Å²) in [6, 6.07) is 11.5. The first kappa shape index (κ1) is 18.4. The SMILES string of the molecule is COc1cc(OC)c(OC)cc1/C=C/C(=O)NCc1ccc(C)cc1. The predicted molar refractivity (Wildman–Crippen MR) is 98.2 cm³/mol. The molecule has 0 aliphatic rings. The third kappa shape index (κ3) is 5.01.